The van der Waals surface area contributed by atoms with Crippen molar-refractivity contribution in [2.45, 2.75) is 18.5 Å². The van der Waals surface area contributed by atoms with Crippen molar-refractivity contribution in [3.8, 4) is 0 Å². The molecule has 0 atom stereocenters. The fourth-order valence-corrected chi connectivity index (χ4v) is 2.59. The summed E-state index contributed by atoms with van der Waals surface area (Å²) in [5.74, 6) is -1.77. The minimum absolute atomic E-state index is 0.129. The van der Waals surface area contributed by atoms with Gasteiger partial charge in [-0.1, -0.05) is 0 Å². The van der Waals surface area contributed by atoms with Crippen molar-refractivity contribution in [3.05, 3.63) is 0 Å². The number of hydrogen-bond donors (Lipinski definition) is 1. The Bertz CT molecular complexity index is 334. The van der Waals surface area contributed by atoms with Gasteiger partial charge in [0.05, 0.1) is 18.8 Å². The second kappa shape index (κ2) is 3.47. The Balaban J connectivity index is 2.50. The molecule has 0 aromatic rings. The van der Waals surface area contributed by atoms with Crippen LogP contribution in [0.4, 0.5) is 4.39 Å². The van der Waals surface area contributed by atoms with Crippen LogP contribution in [0.1, 0.15) is 12.8 Å². The lowest BCUT2D eigenvalue weighted by molar-refractivity contribution is -0.154. The molecule has 1 fully saturated rings. The largest absolute Gasteiger partial charge is 0.469 e. The molecule has 1 aliphatic carbocycles. The molecule has 0 spiro atoms. The summed E-state index contributed by atoms with van der Waals surface area (Å²) in [6.07, 6.45) is -0.258. The maximum absolute atomic E-state index is 13.5. The molecule has 0 heterocycles. The molecule has 0 bridgehead atoms. The second-order valence-electron chi connectivity index (χ2n) is 3.59. The second-order valence-corrected chi connectivity index (χ2v) is 5.20. The maximum Gasteiger partial charge on any atom is 0.308 e. The van der Waals surface area contributed by atoms with E-state index in [1.165, 1.54) is 7.11 Å². The Morgan fingerprint density at radius 3 is 2.50 bits per heavy atom. The first-order chi connectivity index (χ1) is 6.26. The lowest BCUT2D eigenvalue weighted by Gasteiger charge is -2.38. The van der Waals surface area contributed by atoms with Crippen LogP contribution in [0.3, 0.4) is 0 Å². The zero-order valence-corrected chi connectivity index (χ0v) is 8.51. The minimum Gasteiger partial charge on any atom is -0.469 e. The molecule has 2 N–H and O–H groups in total. The van der Waals surface area contributed by atoms with E-state index in [0.717, 1.165) is 0 Å². The van der Waals surface area contributed by atoms with Crippen LogP contribution in [-0.4, -0.2) is 32.9 Å². The molecule has 1 aliphatic rings. The normalized spacial score (nSPS) is 32.1. The summed E-state index contributed by atoms with van der Waals surface area (Å²) in [6.45, 7) is 0. The zero-order valence-electron chi connectivity index (χ0n) is 7.70. The van der Waals surface area contributed by atoms with Gasteiger partial charge in [-0.05, 0) is 12.8 Å². The van der Waals surface area contributed by atoms with Crippen molar-refractivity contribution >= 4 is 16.0 Å². The van der Waals surface area contributed by atoms with Gasteiger partial charge in [0.25, 0.3) is 0 Å². The van der Waals surface area contributed by atoms with Crippen LogP contribution in [0.25, 0.3) is 0 Å². The molecule has 1 rings (SSSR count). The number of primary sulfonamides is 1. The van der Waals surface area contributed by atoms with Crippen LogP contribution in [-0.2, 0) is 19.6 Å². The quantitative estimate of drug-likeness (QED) is 0.660. The SMILES string of the molecule is COC(=O)C1CC(F)(CS(N)(=O)=O)C1. The summed E-state index contributed by atoms with van der Waals surface area (Å²) >= 11 is 0. The number of alkyl halides is 1. The Morgan fingerprint density at radius 2 is 2.14 bits per heavy atom. The molecule has 0 unspecified atom stereocenters. The first-order valence-corrected chi connectivity index (χ1v) is 5.74. The number of halogens is 1. The molecule has 5 nitrogen and oxygen atoms in total. The van der Waals surface area contributed by atoms with E-state index in [1.54, 1.807) is 0 Å². The topological polar surface area (TPSA) is 86.5 Å². The van der Waals surface area contributed by atoms with Crippen molar-refractivity contribution in [3.63, 3.8) is 0 Å². The van der Waals surface area contributed by atoms with Crippen LogP contribution < -0.4 is 5.14 Å². The smallest absolute Gasteiger partial charge is 0.308 e. The van der Waals surface area contributed by atoms with Gasteiger partial charge in [-0.15, -0.1) is 0 Å². The van der Waals surface area contributed by atoms with Gasteiger partial charge in [0.1, 0.15) is 5.67 Å². The number of esters is 1. The molecule has 0 aliphatic heterocycles. The predicted molar refractivity (Wildman–Crippen MR) is 46.6 cm³/mol. The third-order valence-corrected chi connectivity index (χ3v) is 3.14. The average Bonchev–Trinajstić information content (AvgIpc) is 1.95. The summed E-state index contributed by atoms with van der Waals surface area (Å²) in [4.78, 5) is 10.9. The number of nitrogens with two attached hydrogens (primary N) is 1. The van der Waals surface area contributed by atoms with Crippen LogP contribution in [0.15, 0.2) is 0 Å². The Labute approximate surface area is 81.5 Å². The standard InChI is InChI=1S/C7H12FNO4S/c1-13-6(10)5-2-7(8,3-5)4-14(9,11)12/h5H,2-4H2,1H3,(H2,9,11,12). The van der Waals surface area contributed by atoms with Gasteiger partial charge in [-0.2, -0.15) is 0 Å². The Hall–Kier alpha value is -0.690. The summed E-state index contributed by atoms with van der Waals surface area (Å²) < 4.78 is 39.1. The van der Waals surface area contributed by atoms with E-state index < -0.39 is 33.3 Å². The number of methoxy groups -OCH3 is 1. The summed E-state index contributed by atoms with van der Waals surface area (Å²) in [6, 6.07) is 0. The highest BCUT2D eigenvalue weighted by Gasteiger charge is 2.50. The van der Waals surface area contributed by atoms with Gasteiger partial charge in [0.2, 0.25) is 10.0 Å². The Kier molecular flexibility index (Phi) is 2.82. The van der Waals surface area contributed by atoms with Crippen molar-refractivity contribution in [1.29, 1.82) is 0 Å². The van der Waals surface area contributed by atoms with Crippen molar-refractivity contribution in [2.24, 2.45) is 11.1 Å². The van der Waals surface area contributed by atoms with Crippen LogP contribution in [0.5, 0.6) is 0 Å². The molecular weight excluding hydrogens is 213 g/mol. The molecule has 82 valence electrons. The van der Waals surface area contributed by atoms with Gasteiger partial charge in [0, 0.05) is 0 Å². The lowest BCUT2D eigenvalue weighted by Crippen LogP contribution is -2.49. The highest BCUT2D eigenvalue weighted by atomic mass is 32.2. The first kappa shape index (κ1) is 11.4. The lowest BCUT2D eigenvalue weighted by atomic mass is 9.73. The minimum atomic E-state index is -3.83. The number of carbonyl (C=O) groups is 1. The van der Waals surface area contributed by atoms with Crippen molar-refractivity contribution in [1.82, 2.24) is 0 Å². The van der Waals surface area contributed by atoms with Gasteiger partial charge in [-0.3, -0.25) is 4.79 Å². The average molecular weight is 225 g/mol. The number of hydrogen-bond acceptors (Lipinski definition) is 4. The predicted octanol–water partition coefficient (Wildman–Crippen LogP) is -0.434. The van der Waals surface area contributed by atoms with E-state index in [1.807, 2.05) is 0 Å². The van der Waals surface area contributed by atoms with E-state index in [0.29, 0.717) is 0 Å². The summed E-state index contributed by atoms with van der Waals surface area (Å²) in [5.41, 5.74) is -1.85. The van der Waals surface area contributed by atoms with Gasteiger partial charge >= 0.3 is 5.97 Å². The molecule has 0 amide bonds. The highest BCUT2D eigenvalue weighted by molar-refractivity contribution is 7.89. The monoisotopic (exact) mass is 225 g/mol. The van der Waals surface area contributed by atoms with Crippen molar-refractivity contribution in [2.75, 3.05) is 12.9 Å². The first-order valence-electron chi connectivity index (χ1n) is 4.03. The molecule has 7 heteroatoms. The third kappa shape index (κ3) is 2.65. The van der Waals surface area contributed by atoms with E-state index in [4.69, 9.17) is 5.14 Å². The maximum atomic E-state index is 13.5. The molecular formula is C7H12FNO4S. The third-order valence-electron chi connectivity index (χ3n) is 2.22. The summed E-state index contributed by atoms with van der Waals surface area (Å²) in [5, 5.41) is 4.70. The molecule has 0 aromatic carbocycles. The van der Waals surface area contributed by atoms with Gasteiger partial charge in [0.15, 0.2) is 0 Å². The fourth-order valence-electron chi connectivity index (χ4n) is 1.64. The molecule has 0 aromatic heterocycles. The zero-order chi connectivity index (χ0) is 11.0. The van der Waals surface area contributed by atoms with E-state index in [9.17, 15) is 17.6 Å². The number of carbonyl (C=O) groups excluding carboxylic acids is 1. The number of sulfonamides is 1. The van der Waals surface area contributed by atoms with Crippen LogP contribution in [0, 0.1) is 5.92 Å². The molecule has 14 heavy (non-hydrogen) atoms. The van der Waals surface area contributed by atoms with E-state index >= 15 is 0 Å². The summed E-state index contributed by atoms with van der Waals surface area (Å²) in [7, 11) is -2.62. The van der Waals surface area contributed by atoms with E-state index in [-0.39, 0.29) is 12.8 Å². The highest BCUT2D eigenvalue weighted by Crippen LogP contribution is 2.42. The fraction of sp³-hybridized carbons (Fsp3) is 0.857. The number of rotatable bonds is 3. The molecule has 1 saturated carbocycles. The molecule has 0 radical (unpaired) electrons. The molecule has 0 saturated heterocycles. The van der Waals surface area contributed by atoms with Crippen LogP contribution in [0.2, 0.25) is 0 Å². The van der Waals surface area contributed by atoms with Crippen LogP contribution >= 0.6 is 0 Å². The van der Waals surface area contributed by atoms with Crippen molar-refractivity contribution < 1.29 is 22.3 Å². The van der Waals surface area contributed by atoms with E-state index in [2.05, 4.69) is 4.74 Å². The van der Waals surface area contributed by atoms with Gasteiger partial charge < -0.3 is 4.74 Å². The number of ether oxygens (including phenoxy) is 1. The van der Waals surface area contributed by atoms with Gasteiger partial charge in [-0.25, -0.2) is 17.9 Å². The Morgan fingerprint density at radius 1 is 1.64 bits per heavy atom.